The van der Waals surface area contributed by atoms with Crippen molar-refractivity contribution in [2.45, 2.75) is 26.8 Å². The van der Waals surface area contributed by atoms with Crippen LogP contribution >= 0.6 is 19.2 Å². The van der Waals surface area contributed by atoms with Crippen LogP contribution in [0.15, 0.2) is 47.1 Å². The quantitative estimate of drug-likeness (QED) is 0.0915. The Kier molecular flexibility index (Phi) is 10.8. The summed E-state index contributed by atoms with van der Waals surface area (Å²) in [6.45, 7) is 3.09. The number of rotatable bonds is 12. The lowest BCUT2D eigenvalue weighted by atomic mass is 10.2. The molecule has 0 fully saturated rings. The molecule has 1 aromatic carbocycles. The van der Waals surface area contributed by atoms with Gasteiger partial charge in [0.1, 0.15) is 17.4 Å². The van der Waals surface area contributed by atoms with Crippen molar-refractivity contribution >= 4 is 42.5 Å². The van der Waals surface area contributed by atoms with E-state index in [0.717, 1.165) is 5.56 Å². The second-order valence-corrected chi connectivity index (χ2v) is 9.67. The highest BCUT2D eigenvalue weighted by atomic mass is 32.1. The Morgan fingerprint density at radius 1 is 1.31 bits per heavy atom. The van der Waals surface area contributed by atoms with Crippen LogP contribution in [0.1, 0.15) is 30.3 Å². The lowest BCUT2D eigenvalue weighted by Gasteiger charge is -2.22. The number of ether oxygens (including phenoxy) is 1. The lowest BCUT2D eigenvalue weighted by molar-refractivity contribution is -0.116. The van der Waals surface area contributed by atoms with Crippen LogP contribution in [0, 0.1) is 6.92 Å². The van der Waals surface area contributed by atoms with E-state index in [1.165, 1.54) is 17.2 Å². The topological polar surface area (TPSA) is 168 Å². The highest BCUT2D eigenvalue weighted by Crippen LogP contribution is 2.36. The number of allylic oxidation sites excluding steroid dienone is 1. The number of thiol groups is 1. The highest BCUT2D eigenvalue weighted by molar-refractivity contribution is 8.02. The Labute approximate surface area is 207 Å². The maximum absolute atomic E-state index is 11.9. The predicted molar refractivity (Wildman–Crippen MR) is 137 cm³/mol. The molecule has 2 rings (SSSR count). The van der Waals surface area contributed by atoms with Crippen molar-refractivity contribution in [1.29, 1.82) is 0 Å². The van der Waals surface area contributed by atoms with Gasteiger partial charge in [0.25, 0.3) is 0 Å². The molecule has 0 aliphatic heterocycles. The van der Waals surface area contributed by atoms with Crippen LogP contribution in [0.5, 0.6) is 5.75 Å². The van der Waals surface area contributed by atoms with Gasteiger partial charge in [0.2, 0.25) is 6.41 Å². The van der Waals surface area contributed by atoms with Gasteiger partial charge in [-0.05, 0) is 32.1 Å². The minimum atomic E-state index is -4.68. The summed E-state index contributed by atoms with van der Waals surface area (Å²) in [5.41, 5.74) is 7.66. The minimum absolute atomic E-state index is 0.0370. The van der Waals surface area contributed by atoms with Crippen LogP contribution in [-0.2, 0) is 20.4 Å². The Morgan fingerprint density at radius 3 is 2.66 bits per heavy atom. The van der Waals surface area contributed by atoms with Gasteiger partial charge < -0.3 is 30.3 Å². The van der Waals surface area contributed by atoms with E-state index < -0.39 is 7.82 Å². The van der Waals surface area contributed by atoms with E-state index in [1.54, 1.807) is 33.1 Å². The summed E-state index contributed by atoms with van der Waals surface area (Å²) in [4.78, 5) is 40.0. The summed E-state index contributed by atoms with van der Waals surface area (Å²) < 4.78 is 21.0. The predicted octanol–water partition coefficient (Wildman–Crippen LogP) is 2.93. The molecule has 1 heterocycles. The molecule has 11 nitrogen and oxygen atoms in total. The molecule has 35 heavy (non-hydrogen) atoms. The molecule has 0 bridgehead atoms. The lowest BCUT2D eigenvalue weighted by Crippen LogP contribution is -2.22. The number of nitrogens with zero attached hydrogens (tertiary/aromatic N) is 3. The molecule has 0 atom stereocenters. The number of phosphoric ester groups is 1. The molecule has 0 spiro atoms. The van der Waals surface area contributed by atoms with Gasteiger partial charge in [-0.1, -0.05) is 18.2 Å². The third-order valence-corrected chi connectivity index (χ3v) is 6.45. The molecular weight excluding hydrogens is 495 g/mol. The number of carbonyl (C=O) groups is 1. The summed E-state index contributed by atoms with van der Waals surface area (Å²) >= 11 is 0.313. The maximum atomic E-state index is 11.9. The first-order valence-corrected chi connectivity index (χ1v) is 12.7. The van der Waals surface area contributed by atoms with E-state index in [9.17, 15) is 14.5 Å². The number of aromatic nitrogens is 2. The van der Waals surface area contributed by atoms with Gasteiger partial charge >= 0.3 is 7.82 Å². The van der Waals surface area contributed by atoms with Crippen molar-refractivity contribution in [3.05, 3.63) is 64.1 Å². The fourth-order valence-corrected chi connectivity index (χ4v) is 4.19. The number of nitrogens with two attached hydrogens (primary N) is 1. The second-order valence-electron chi connectivity index (χ2n) is 7.21. The largest absolute Gasteiger partial charge is 0.496 e. The van der Waals surface area contributed by atoms with Crippen molar-refractivity contribution in [2.24, 2.45) is 0 Å². The first-order valence-electron chi connectivity index (χ1n) is 10.3. The van der Waals surface area contributed by atoms with Crippen LogP contribution in [0.4, 0.5) is 5.82 Å². The zero-order chi connectivity index (χ0) is 26.0. The molecule has 0 aliphatic carbocycles. The van der Waals surface area contributed by atoms with Crippen molar-refractivity contribution in [3.63, 3.8) is 0 Å². The Bertz CT molecular complexity index is 1180. The van der Waals surface area contributed by atoms with Crippen molar-refractivity contribution in [3.8, 4) is 5.75 Å². The number of aryl methyl sites for hydroxylation is 1. The number of methoxy groups -OCH3 is 1. The monoisotopic (exact) mass is 524 g/mol. The number of hydrogen-bond donors (Lipinski definition) is 5. The number of hydrogen-bond acceptors (Lipinski definition) is 7. The molecule has 1 aromatic heterocycles. The van der Waals surface area contributed by atoms with Gasteiger partial charge in [0.05, 0.1) is 25.3 Å². The van der Waals surface area contributed by atoms with E-state index in [1.807, 2.05) is 18.2 Å². The second kappa shape index (κ2) is 13.3. The van der Waals surface area contributed by atoms with Crippen LogP contribution < -0.4 is 10.5 Å². The Balaban J connectivity index is 2.38. The zero-order valence-electron chi connectivity index (χ0n) is 19.5. The van der Waals surface area contributed by atoms with Crippen LogP contribution in [0.25, 0.3) is 6.08 Å². The van der Waals surface area contributed by atoms with Crippen LogP contribution in [0.3, 0.4) is 0 Å². The number of aliphatic hydroxyl groups excluding tert-OH is 1. The minimum Gasteiger partial charge on any atom is -0.496 e. The third kappa shape index (κ3) is 9.36. The van der Waals surface area contributed by atoms with Crippen LogP contribution in [0.2, 0.25) is 0 Å². The number of para-hydroxylation sites is 1. The van der Waals surface area contributed by atoms with E-state index in [0.29, 0.717) is 45.5 Å². The number of aliphatic hydroxyl groups is 1. The average Bonchev–Trinajstić information content (AvgIpc) is 2.80. The summed E-state index contributed by atoms with van der Waals surface area (Å²) in [5.74, 6) is 1.35. The molecule has 2 aromatic rings. The van der Waals surface area contributed by atoms with E-state index in [4.69, 9.17) is 20.3 Å². The number of anilines is 1. The average molecular weight is 525 g/mol. The van der Waals surface area contributed by atoms with Gasteiger partial charge in [-0.25, -0.2) is 14.5 Å². The molecule has 0 saturated heterocycles. The molecule has 5 N–H and O–H groups in total. The first-order chi connectivity index (χ1) is 16.5. The van der Waals surface area contributed by atoms with Gasteiger partial charge in [0.15, 0.2) is 0 Å². The molecule has 13 heteroatoms. The Hall–Kier alpha value is -2.86. The number of amides is 1. The fourth-order valence-electron chi connectivity index (χ4n) is 2.94. The van der Waals surface area contributed by atoms with Gasteiger partial charge in [-0.15, -0.1) is 11.4 Å². The maximum Gasteiger partial charge on any atom is 0.469 e. The molecule has 0 saturated carbocycles. The van der Waals surface area contributed by atoms with Gasteiger partial charge in [0, 0.05) is 34.3 Å². The Morgan fingerprint density at radius 2 is 2.03 bits per heavy atom. The third-order valence-electron chi connectivity index (χ3n) is 4.73. The van der Waals surface area contributed by atoms with E-state index in [-0.39, 0.29) is 30.4 Å². The summed E-state index contributed by atoms with van der Waals surface area (Å²) in [6, 6.07) is 7.25. The molecule has 0 aliphatic rings. The smallest absolute Gasteiger partial charge is 0.469 e. The van der Waals surface area contributed by atoms with Crippen molar-refractivity contribution in [2.75, 3.05) is 19.5 Å². The van der Waals surface area contributed by atoms with E-state index >= 15 is 0 Å². The number of nitrogen functional groups attached to an aromatic ring is 1. The summed E-state index contributed by atoms with van der Waals surface area (Å²) in [6.07, 6.45) is 5.30. The summed E-state index contributed by atoms with van der Waals surface area (Å²) in [5, 5.41) is 10.5. The number of phosphoric acid groups is 1. The number of carbonyl (C=O) groups excluding carboxylic acids is 1. The van der Waals surface area contributed by atoms with Gasteiger partial charge in [-0.2, -0.15) is 0 Å². The molecule has 1 amide bonds. The molecular formula is C22H29N4O7PS. The highest BCUT2D eigenvalue weighted by Gasteiger charge is 2.16. The molecule has 0 unspecified atom stereocenters. The SMILES string of the molecule is COc1ccccc1/C=C/C(O)=[SH]\C(CCOP(=O)(O)O)=C(\C)N(C=O)Cc1cnc(C)nc1N. The van der Waals surface area contributed by atoms with Crippen molar-refractivity contribution < 1.29 is 33.5 Å². The van der Waals surface area contributed by atoms with Gasteiger partial charge in [-0.3, -0.25) is 9.32 Å². The van der Waals surface area contributed by atoms with E-state index in [2.05, 4.69) is 14.5 Å². The molecule has 190 valence electrons. The van der Waals surface area contributed by atoms with Crippen LogP contribution in [-0.4, -0.2) is 54.9 Å². The number of benzene rings is 1. The fraction of sp³-hybridized carbons (Fsp3) is 0.273. The molecule has 0 radical (unpaired) electrons. The first kappa shape index (κ1) is 28.4. The van der Waals surface area contributed by atoms with Crippen molar-refractivity contribution in [1.82, 2.24) is 14.9 Å². The normalized spacial score (nSPS) is 13.3. The standard InChI is InChI=1S/C22H29N4O7PS/c1-15(26(14-27)13-18-12-24-16(2)25-22(18)23)20(10-11-33-34(29,30)31)35-21(28)9-8-17-6-4-5-7-19(17)32-3/h4-9,12,14,28,35H,10-11,13H2,1-3H3,(H2,23,24,25)(H2,29,30,31)/b9-8+,20-15-. The summed E-state index contributed by atoms with van der Waals surface area (Å²) in [7, 11) is -3.14. The zero-order valence-corrected chi connectivity index (χ0v) is 21.3.